The number of carbonyl (C=O) groups excluding carboxylic acids is 1. The van der Waals surface area contributed by atoms with Crippen molar-refractivity contribution in [1.29, 1.82) is 0 Å². The smallest absolute Gasteiger partial charge is 0.326 e. The molecule has 2 amide bonds. The number of urea groups is 1. The molecular formula is C13H20N2O3. The number of carboxylic acids is 1. The number of amides is 2. The van der Waals surface area contributed by atoms with Gasteiger partial charge in [0, 0.05) is 6.54 Å². The van der Waals surface area contributed by atoms with E-state index in [2.05, 4.69) is 22.8 Å². The van der Waals surface area contributed by atoms with Gasteiger partial charge in [-0.15, -0.1) is 0 Å². The summed E-state index contributed by atoms with van der Waals surface area (Å²) in [6.45, 7) is 0.618. The van der Waals surface area contributed by atoms with Gasteiger partial charge in [0.25, 0.3) is 0 Å². The summed E-state index contributed by atoms with van der Waals surface area (Å²) in [5.41, 5.74) is 0. The number of aliphatic carboxylic acids is 1. The van der Waals surface area contributed by atoms with Crippen molar-refractivity contribution < 1.29 is 14.7 Å². The predicted molar refractivity (Wildman–Crippen MR) is 67.2 cm³/mol. The average Bonchev–Trinajstić information content (AvgIpc) is 3.18. The van der Waals surface area contributed by atoms with E-state index in [0.29, 0.717) is 12.5 Å². The maximum Gasteiger partial charge on any atom is 0.326 e. The van der Waals surface area contributed by atoms with Crippen LogP contribution < -0.4 is 10.6 Å². The molecule has 3 N–H and O–H groups in total. The van der Waals surface area contributed by atoms with Gasteiger partial charge in [0.2, 0.25) is 0 Å². The number of hydrogen-bond acceptors (Lipinski definition) is 2. The van der Waals surface area contributed by atoms with Crippen LogP contribution in [0.5, 0.6) is 0 Å². The van der Waals surface area contributed by atoms with Crippen LogP contribution in [0.2, 0.25) is 0 Å². The van der Waals surface area contributed by atoms with Crippen molar-refractivity contribution in [2.24, 2.45) is 11.8 Å². The molecule has 0 radical (unpaired) electrons. The predicted octanol–water partition coefficient (Wildman–Crippen LogP) is 1.51. The summed E-state index contributed by atoms with van der Waals surface area (Å²) in [5, 5.41) is 14.3. The van der Waals surface area contributed by atoms with E-state index in [1.54, 1.807) is 0 Å². The van der Waals surface area contributed by atoms with Crippen molar-refractivity contribution >= 4 is 12.0 Å². The molecule has 2 aliphatic carbocycles. The normalized spacial score (nSPS) is 24.3. The van der Waals surface area contributed by atoms with Crippen LogP contribution in [0.25, 0.3) is 0 Å². The van der Waals surface area contributed by atoms with Crippen LogP contribution in [-0.2, 0) is 4.79 Å². The lowest BCUT2D eigenvalue weighted by Crippen LogP contribution is -2.48. The Morgan fingerprint density at radius 3 is 2.61 bits per heavy atom. The Kier molecular flexibility index (Phi) is 4.23. The second-order valence-corrected chi connectivity index (χ2v) is 5.16. The lowest BCUT2D eigenvalue weighted by atomic mass is 9.94. The van der Waals surface area contributed by atoms with Crippen molar-refractivity contribution in [2.45, 2.75) is 38.1 Å². The zero-order valence-corrected chi connectivity index (χ0v) is 10.4. The summed E-state index contributed by atoms with van der Waals surface area (Å²) in [6, 6.07) is -1.08. The first-order valence-corrected chi connectivity index (χ1v) is 6.59. The van der Waals surface area contributed by atoms with Crippen molar-refractivity contribution in [3.05, 3.63) is 12.2 Å². The summed E-state index contributed by atoms with van der Waals surface area (Å²) in [7, 11) is 0. The van der Waals surface area contributed by atoms with E-state index in [9.17, 15) is 9.59 Å². The molecule has 1 fully saturated rings. The van der Waals surface area contributed by atoms with E-state index in [-0.39, 0.29) is 11.9 Å². The first-order chi connectivity index (χ1) is 8.66. The summed E-state index contributed by atoms with van der Waals surface area (Å²) in [5.74, 6) is -0.343. The molecule has 0 aliphatic heterocycles. The fourth-order valence-electron chi connectivity index (χ4n) is 2.28. The maximum absolute atomic E-state index is 11.6. The van der Waals surface area contributed by atoms with Gasteiger partial charge in [0.15, 0.2) is 0 Å². The molecule has 100 valence electrons. The third kappa shape index (κ3) is 3.75. The maximum atomic E-state index is 11.6. The Morgan fingerprint density at radius 2 is 2.06 bits per heavy atom. The zero-order chi connectivity index (χ0) is 13.0. The number of carboxylic acid groups (broad SMARTS) is 1. The zero-order valence-electron chi connectivity index (χ0n) is 10.4. The quantitative estimate of drug-likeness (QED) is 0.649. The molecule has 5 heteroatoms. The van der Waals surface area contributed by atoms with Crippen LogP contribution in [0.3, 0.4) is 0 Å². The molecule has 0 aromatic heterocycles. The van der Waals surface area contributed by atoms with E-state index in [4.69, 9.17) is 5.11 Å². The van der Waals surface area contributed by atoms with Crippen molar-refractivity contribution in [3.8, 4) is 0 Å². The Hall–Kier alpha value is -1.52. The second-order valence-electron chi connectivity index (χ2n) is 5.16. The minimum absolute atomic E-state index is 0.117. The van der Waals surface area contributed by atoms with E-state index < -0.39 is 12.0 Å². The Morgan fingerprint density at radius 1 is 1.28 bits per heavy atom. The highest BCUT2D eigenvalue weighted by molar-refractivity contribution is 5.83. The molecule has 1 saturated carbocycles. The van der Waals surface area contributed by atoms with Gasteiger partial charge in [-0.05, 0) is 43.9 Å². The highest BCUT2D eigenvalue weighted by Crippen LogP contribution is 2.32. The van der Waals surface area contributed by atoms with Gasteiger partial charge in [0.1, 0.15) is 6.04 Å². The molecule has 0 heterocycles. The van der Waals surface area contributed by atoms with Crippen LogP contribution in [0.15, 0.2) is 12.2 Å². The molecule has 2 unspecified atom stereocenters. The van der Waals surface area contributed by atoms with E-state index in [1.165, 1.54) is 0 Å². The van der Waals surface area contributed by atoms with E-state index in [1.807, 2.05) is 0 Å². The summed E-state index contributed by atoms with van der Waals surface area (Å²) < 4.78 is 0. The summed E-state index contributed by atoms with van der Waals surface area (Å²) in [6.07, 6.45) is 9.22. The van der Waals surface area contributed by atoms with Crippen molar-refractivity contribution in [2.75, 3.05) is 6.54 Å². The number of nitrogens with one attached hydrogen (secondary N) is 2. The largest absolute Gasteiger partial charge is 0.480 e. The van der Waals surface area contributed by atoms with Gasteiger partial charge in [-0.25, -0.2) is 9.59 Å². The summed E-state index contributed by atoms with van der Waals surface area (Å²) in [4.78, 5) is 22.6. The molecule has 2 aliphatic rings. The van der Waals surface area contributed by atoms with Crippen LogP contribution >= 0.6 is 0 Å². The third-order valence-corrected chi connectivity index (χ3v) is 3.58. The minimum atomic E-state index is -0.937. The molecule has 0 saturated heterocycles. The van der Waals surface area contributed by atoms with Crippen LogP contribution in [-0.4, -0.2) is 29.7 Å². The third-order valence-electron chi connectivity index (χ3n) is 3.58. The molecule has 5 nitrogen and oxygen atoms in total. The fraction of sp³-hybridized carbons (Fsp3) is 0.692. The number of allylic oxidation sites excluding steroid dienone is 2. The number of rotatable bonds is 5. The molecule has 2 rings (SSSR count). The van der Waals surface area contributed by atoms with E-state index >= 15 is 0 Å². The monoisotopic (exact) mass is 252 g/mol. The van der Waals surface area contributed by atoms with Crippen molar-refractivity contribution in [1.82, 2.24) is 10.6 Å². The first kappa shape index (κ1) is 12.9. The highest BCUT2D eigenvalue weighted by Gasteiger charge is 2.37. The number of carbonyl (C=O) groups is 2. The standard InChI is InChI=1S/C13H20N2O3/c16-12(17)11(10-6-7-10)15-13(18)14-8-9-4-2-1-3-5-9/h1-2,9-11H,3-8H2,(H,16,17)(H2,14,15,18). The van der Waals surface area contributed by atoms with Crippen molar-refractivity contribution in [3.63, 3.8) is 0 Å². The van der Waals surface area contributed by atoms with Gasteiger partial charge in [-0.2, -0.15) is 0 Å². The first-order valence-electron chi connectivity index (χ1n) is 6.59. The Balaban J connectivity index is 1.70. The van der Waals surface area contributed by atoms with Gasteiger partial charge >= 0.3 is 12.0 Å². The molecule has 2 atom stereocenters. The van der Waals surface area contributed by atoms with Gasteiger partial charge < -0.3 is 15.7 Å². The van der Waals surface area contributed by atoms with Crippen LogP contribution in [0.4, 0.5) is 4.79 Å². The number of hydrogen-bond donors (Lipinski definition) is 3. The molecule has 0 spiro atoms. The SMILES string of the molecule is O=C(NCC1CC=CCC1)NC(C(=O)O)C1CC1. The molecule has 0 aromatic rings. The molecule has 18 heavy (non-hydrogen) atoms. The van der Waals surface area contributed by atoms with Gasteiger partial charge in [0.05, 0.1) is 0 Å². The van der Waals surface area contributed by atoms with Gasteiger partial charge in [-0.3, -0.25) is 0 Å². The summed E-state index contributed by atoms with van der Waals surface area (Å²) >= 11 is 0. The molecule has 0 aromatic carbocycles. The molecular weight excluding hydrogens is 232 g/mol. The van der Waals surface area contributed by atoms with Crippen LogP contribution in [0, 0.1) is 11.8 Å². The van der Waals surface area contributed by atoms with E-state index in [0.717, 1.165) is 32.1 Å². The molecule has 0 bridgehead atoms. The average molecular weight is 252 g/mol. The highest BCUT2D eigenvalue weighted by atomic mass is 16.4. The topological polar surface area (TPSA) is 78.4 Å². The fourth-order valence-corrected chi connectivity index (χ4v) is 2.28. The lowest BCUT2D eigenvalue weighted by Gasteiger charge is -2.19. The lowest BCUT2D eigenvalue weighted by molar-refractivity contribution is -0.139. The Bertz CT molecular complexity index is 350. The Labute approximate surface area is 107 Å². The second kappa shape index (κ2) is 5.89. The minimum Gasteiger partial charge on any atom is -0.480 e. The van der Waals surface area contributed by atoms with Gasteiger partial charge in [-0.1, -0.05) is 12.2 Å². The van der Waals surface area contributed by atoms with Crippen LogP contribution in [0.1, 0.15) is 32.1 Å².